The van der Waals surface area contributed by atoms with E-state index in [0.717, 1.165) is 16.7 Å². The van der Waals surface area contributed by atoms with Crippen molar-refractivity contribution in [3.8, 4) is 0 Å². The molecule has 2 heterocycles. The summed E-state index contributed by atoms with van der Waals surface area (Å²) in [7, 11) is 0. The lowest BCUT2D eigenvalue weighted by Crippen LogP contribution is -2.55. The molecule has 2 aliphatic rings. The van der Waals surface area contributed by atoms with Crippen LogP contribution in [0.25, 0.3) is 0 Å². The van der Waals surface area contributed by atoms with Crippen LogP contribution in [0.1, 0.15) is 0 Å². The van der Waals surface area contributed by atoms with Gasteiger partial charge in [-0.2, -0.15) is 43.9 Å². The zero-order valence-electron chi connectivity index (χ0n) is 15.6. The van der Waals surface area contributed by atoms with Crippen molar-refractivity contribution >= 4 is 40.1 Å². The number of anilines is 2. The van der Waals surface area contributed by atoms with Gasteiger partial charge >= 0.3 is 18.5 Å². The second-order valence-electron chi connectivity index (χ2n) is 6.71. The lowest BCUT2D eigenvalue weighted by molar-refractivity contribution is -0.253. The van der Waals surface area contributed by atoms with E-state index in [9.17, 15) is 43.9 Å². The summed E-state index contributed by atoms with van der Waals surface area (Å²) >= 11 is 0.128. The number of aliphatic imine (C=N–C) groups is 1. The van der Waals surface area contributed by atoms with Gasteiger partial charge in [-0.3, -0.25) is 4.90 Å². The molecule has 176 valence electrons. The minimum absolute atomic E-state index is 0.0827. The van der Waals surface area contributed by atoms with Crippen molar-refractivity contribution in [2.45, 2.75) is 33.1 Å². The van der Waals surface area contributed by atoms with Crippen LogP contribution in [0.4, 0.5) is 55.3 Å². The van der Waals surface area contributed by atoms with Crippen molar-refractivity contribution in [3.05, 3.63) is 60.1 Å². The van der Waals surface area contributed by atoms with Crippen molar-refractivity contribution in [2.75, 3.05) is 4.90 Å². The summed E-state index contributed by atoms with van der Waals surface area (Å²) in [5.74, 6) is -3.56. The molecule has 0 N–H and O–H groups in total. The highest BCUT2D eigenvalue weighted by molar-refractivity contribution is 8.16. The third-order valence-electron chi connectivity index (χ3n) is 4.66. The van der Waals surface area contributed by atoms with Gasteiger partial charge in [0.05, 0.1) is 11.4 Å². The van der Waals surface area contributed by atoms with Crippen LogP contribution in [0, 0.1) is 0 Å². The van der Waals surface area contributed by atoms with Crippen molar-refractivity contribution in [1.29, 1.82) is 0 Å². The fourth-order valence-electron chi connectivity index (χ4n) is 3.27. The summed E-state index contributed by atoms with van der Waals surface area (Å²) in [6, 6.07) is 11.8. The topological polar surface area (TPSA) is 15.6 Å². The summed E-state index contributed by atoms with van der Waals surface area (Å²) < 4.78 is 131. The smallest absolute Gasteiger partial charge is 0.287 e. The molecule has 0 spiro atoms. The average molecular weight is 518 g/mol. The molecule has 0 aliphatic carbocycles. The lowest BCUT2D eigenvalue weighted by atomic mass is 10.0. The first-order chi connectivity index (χ1) is 15.2. The van der Waals surface area contributed by atoms with E-state index in [1.807, 2.05) is 0 Å². The van der Waals surface area contributed by atoms with Gasteiger partial charge in [0.25, 0.3) is 4.75 Å². The molecule has 0 aromatic heterocycles. The van der Waals surface area contributed by atoms with Gasteiger partial charge in [0, 0.05) is 9.79 Å². The second-order valence-corrected chi connectivity index (χ2v) is 8.97. The summed E-state index contributed by atoms with van der Waals surface area (Å²) in [5, 5.41) is -1.10. The molecule has 4 rings (SSSR count). The number of halogens is 10. The summed E-state index contributed by atoms with van der Waals surface area (Å²) in [6.07, 6.45) is -18.8. The SMILES string of the molecule is F/C(=C1/N=C(N2c3ccccc3Sc3ccccc32)SC1(C(F)(F)F)C(F)(F)F)C(F)(F)F. The number of benzene rings is 2. The van der Waals surface area contributed by atoms with E-state index >= 15 is 0 Å². The number of amidine groups is 1. The second kappa shape index (κ2) is 7.58. The number of rotatable bonds is 0. The molecule has 2 nitrogen and oxygen atoms in total. The number of hydrogen-bond donors (Lipinski definition) is 0. The first-order valence-corrected chi connectivity index (χ1v) is 10.4. The quantitative estimate of drug-likeness (QED) is 0.329. The minimum atomic E-state index is -6.36. The van der Waals surface area contributed by atoms with Gasteiger partial charge in [0.2, 0.25) is 5.83 Å². The maximum atomic E-state index is 14.1. The normalized spacial score (nSPS) is 19.7. The molecular weight excluding hydrogens is 510 g/mol. The van der Waals surface area contributed by atoms with E-state index in [0.29, 0.717) is 9.79 Å². The predicted molar refractivity (Wildman–Crippen MR) is 103 cm³/mol. The molecule has 33 heavy (non-hydrogen) atoms. The predicted octanol–water partition coefficient (Wildman–Crippen LogP) is 8.00. The number of alkyl halides is 9. The Bertz CT molecular complexity index is 1100. The minimum Gasteiger partial charge on any atom is -0.287 e. The summed E-state index contributed by atoms with van der Waals surface area (Å²) in [6.45, 7) is 0. The molecule has 2 aromatic carbocycles. The number of fused-ring (bicyclic) bond motifs is 2. The number of allylic oxidation sites excluding steroid dienone is 1. The summed E-state index contributed by atoms with van der Waals surface area (Å²) in [4.78, 5) is 4.67. The maximum Gasteiger partial charge on any atom is 0.444 e. The number of para-hydroxylation sites is 2. The highest BCUT2D eigenvalue weighted by Gasteiger charge is 2.78. The largest absolute Gasteiger partial charge is 0.444 e. The van der Waals surface area contributed by atoms with E-state index in [2.05, 4.69) is 4.99 Å². The Hall–Kier alpha value is -2.35. The van der Waals surface area contributed by atoms with Crippen LogP contribution < -0.4 is 4.90 Å². The molecule has 0 fully saturated rings. The van der Waals surface area contributed by atoms with Gasteiger partial charge in [-0.1, -0.05) is 47.8 Å². The zero-order valence-corrected chi connectivity index (χ0v) is 17.2. The van der Waals surface area contributed by atoms with E-state index in [-0.39, 0.29) is 11.4 Å². The highest BCUT2D eigenvalue weighted by atomic mass is 32.2. The Morgan fingerprint density at radius 2 is 1.21 bits per heavy atom. The van der Waals surface area contributed by atoms with Gasteiger partial charge in [-0.15, -0.1) is 0 Å². The first kappa shape index (κ1) is 23.8. The number of nitrogens with zero attached hydrogens (tertiary/aromatic N) is 2. The van der Waals surface area contributed by atoms with E-state index < -0.39 is 51.7 Å². The van der Waals surface area contributed by atoms with Crippen molar-refractivity contribution < 1.29 is 43.9 Å². The monoisotopic (exact) mass is 518 g/mol. The Labute approximate surface area is 187 Å². The maximum absolute atomic E-state index is 14.1. The molecule has 2 aromatic rings. The zero-order chi connectivity index (χ0) is 24.4. The fourth-order valence-corrected chi connectivity index (χ4v) is 5.49. The van der Waals surface area contributed by atoms with Crippen LogP contribution in [-0.4, -0.2) is 28.4 Å². The highest BCUT2D eigenvalue weighted by Crippen LogP contribution is 2.63. The van der Waals surface area contributed by atoms with Crippen LogP contribution in [0.5, 0.6) is 0 Å². The van der Waals surface area contributed by atoms with Crippen LogP contribution in [0.15, 0.2) is 74.8 Å². The molecule has 2 aliphatic heterocycles. The van der Waals surface area contributed by atoms with Crippen LogP contribution >= 0.6 is 23.5 Å². The number of hydrogen-bond acceptors (Lipinski definition) is 4. The lowest BCUT2D eigenvalue weighted by Gasteiger charge is -2.35. The van der Waals surface area contributed by atoms with Gasteiger partial charge in [0.15, 0.2) is 5.17 Å². The van der Waals surface area contributed by atoms with Gasteiger partial charge < -0.3 is 0 Å². The molecule has 14 heteroatoms. The van der Waals surface area contributed by atoms with Crippen molar-refractivity contribution in [2.24, 2.45) is 4.99 Å². The van der Waals surface area contributed by atoms with Crippen LogP contribution in [-0.2, 0) is 0 Å². The Morgan fingerprint density at radius 3 is 1.64 bits per heavy atom. The molecule has 0 bridgehead atoms. The molecule has 0 saturated heterocycles. The van der Waals surface area contributed by atoms with Gasteiger partial charge in [-0.25, -0.2) is 4.99 Å². The standard InChI is InChI=1S/C19H8F10N2S2/c20-13(17(21,22)23)14-16(18(24,25)26,19(27,28)29)33-15(30-14)31-9-5-1-3-7-11(9)32-12-8-4-2-6-10(12)31/h1-8H/b14-13+. The Morgan fingerprint density at radius 1 is 0.758 bits per heavy atom. The molecule has 0 saturated carbocycles. The molecule has 0 atom stereocenters. The third kappa shape index (κ3) is 3.66. The average Bonchev–Trinajstić information content (AvgIpc) is 3.12. The van der Waals surface area contributed by atoms with Gasteiger partial charge in [0.1, 0.15) is 5.70 Å². The summed E-state index contributed by atoms with van der Waals surface area (Å²) in [5.41, 5.74) is -2.62. The van der Waals surface area contributed by atoms with Crippen molar-refractivity contribution in [3.63, 3.8) is 0 Å². The molecule has 0 radical (unpaired) electrons. The molecular formula is C19H8F10N2S2. The Balaban J connectivity index is 2.02. The Kier molecular flexibility index (Phi) is 5.47. The van der Waals surface area contributed by atoms with E-state index in [4.69, 9.17) is 0 Å². The molecule has 0 amide bonds. The van der Waals surface area contributed by atoms with Crippen molar-refractivity contribution in [1.82, 2.24) is 0 Å². The van der Waals surface area contributed by atoms with Crippen LogP contribution in [0.3, 0.4) is 0 Å². The third-order valence-corrected chi connectivity index (χ3v) is 7.21. The van der Waals surface area contributed by atoms with E-state index in [1.54, 1.807) is 12.1 Å². The van der Waals surface area contributed by atoms with E-state index in [1.165, 1.54) is 36.4 Å². The van der Waals surface area contributed by atoms with Gasteiger partial charge in [-0.05, 0) is 24.3 Å². The first-order valence-electron chi connectivity index (χ1n) is 8.73. The fraction of sp³-hybridized carbons (Fsp3) is 0.211. The van der Waals surface area contributed by atoms with Crippen LogP contribution in [0.2, 0.25) is 0 Å². The number of thioether (sulfide) groups is 1. The molecule has 0 unspecified atom stereocenters.